The molecule has 1 aromatic rings. The molecule has 2 unspecified atom stereocenters. The van der Waals surface area contributed by atoms with Gasteiger partial charge in [-0.2, -0.15) is 5.10 Å². The number of carbonyl (C=O) groups excluding carboxylic acids is 3. The lowest BCUT2D eigenvalue weighted by molar-refractivity contribution is -0.137. The summed E-state index contributed by atoms with van der Waals surface area (Å²) in [5, 5.41) is 10.6. The molecule has 1 heterocycles. The Morgan fingerprint density at radius 2 is 1.92 bits per heavy atom. The zero-order valence-electron chi connectivity index (χ0n) is 22.6. The van der Waals surface area contributed by atoms with E-state index in [0.717, 1.165) is 38.5 Å². The fraction of sp³-hybridized carbons (Fsp3) is 0.704. The maximum Gasteiger partial charge on any atom is 0.405 e. The van der Waals surface area contributed by atoms with Gasteiger partial charge in [0, 0.05) is 18.7 Å². The standard InChI is InChI=1S/C27H41N5O5/c1-6-7-21(33)31-26(4,5)8-9-32-24(36-16(2)3)20(15-29-32)23(34)30-22-18-10-17-11-19(22)14-27(12-17,13-18)37-25(28)35/h8-9,15-19,22H,6-7,10-14H2,1-5H3,(H2,28,35)(H,30,34)(H,31,33)/b9-8+/t17?,18?,19?,22-,27-. The van der Waals surface area contributed by atoms with Gasteiger partial charge in [-0.25, -0.2) is 9.48 Å². The van der Waals surface area contributed by atoms with Crippen molar-refractivity contribution in [3.63, 3.8) is 0 Å². The number of aromatic nitrogens is 2. The van der Waals surface area contributed by atoms with Crippen LogP contribution in [0.15, 0.2) is 12.3 Å². The number of ether oxygens (including phenoxy) is 2. The minimum atomic E-state index is -0.716. The third-order valence-electron chi connectivity index (χ3n) is 7.74. The molecule has 4 aliphatic carbocycles. The topological polar surface area (TPSA) is 138 Å². The molecule has 1 aromatic heterocycles. The Bertz CT molecular complexity index is 1050. The summed E-state index contributed by atoms with van der Waals surface area (Å²) >= 11 is 0. The Hall–Kier alpha value is -3.04. The van der Waals surface area contributed by atoms with Crippen LogP contribution < -0.4 is 21.1 Å². The molecular weight excluding hydrogens is 474 g/mol. The van der Waals surface area contributed by atoms with Crippen LogP contribution in [0.2, 0.25) is 0 Å². The number of hydrogen-bond donors (Lipinski definition) is 3. The Kier molecular flexibility index (Phi) is 7.57. The second-order valence-electron chi connectivity index (χ2n) is 11.9. The number of nitrogens with one attached hydrogen (secondary N) is 2. The highest BCUT2D eigenvalue weighted by Gasteiger charge is 2.57. The highest BCUT2D eigenvalue weighted by Crippen LogP contribution is 2.57. The first kappa shape index (κ1) is 27.0. The van der Waals surface area contributed by atoms with E-state index in [0.29, 0.717) is 23.8 Å². The van der Waals surface area contributed by atoms with Crippen LogP contribution in [-0.4, -0.2) is 51.0 Å². The van der Waals surface area contributed by atoms with E-state index in [2.05, 4.69) is 15.7 Å². The van der Waals surface area contributed by atoms with Crippen molar-refractivity contribution in [3.8, 4) is 5.88 Å². The largest absolute Gasteiger partial charge is 0.474 e. The summed E-state index contributed by atoms with van der Waals surface area (Å²) < 4.78 is 13.2. The number of amides is 3. The normalized spacial score (nSPS) is 28.5. The van der Waals surface area contributed by atoms with E-state index >= 15 is 0 Å². The van der Waals surface area contributed by atoms with Gasteiger partial charge in [-0.3, -0.25) is 9.59 Å². The van der Waals surface area contributed by atoms with Gasteiger partial charge in [-0.15, -0.1) is 0 Å². The van der Waals surface area contributed by atoms with Gasteiger partial charge in [0.2, 0.25) is 11.8 Å². The molecule has 4 bridgehead atoms. The van der Waals surface area contributed by atoms with Crippen molar-refractivity contribution in [3.05, 3.63) is 17.8 Å². The van der Waals surface area contributed by atoms with Crippen molar-refractivity contribution >= 4 is 24.1 Å². The molecular formula is C27H41N5O5. The average molecular weight is 516 g/mol. The molecule has 0 radical (unpaired) electrons. The molecule has 0 aromatic carbocycles. The Balaban J connectivity index is 1.50. The van der Waals surface area contributed by atoms with Crippen LogP contribution in [0.1, 0.15) is 89.9 Å². The molecule has 4 saturated carbocycles. The van der Waals surface area contributed by atoms with Gasteiger partial charge in [-0.1, -0.05) is 6.92 Å². The van der Waals surface area contributed by atoms with Crippen LogP contribution in [0, 0.1) is 17.8 Å². The van der Waals surface area contributed by atoms with Gasteiger partial charge in [0.05, 0.1) is 17.8 Å². The summed E-state index contributed by atoms with van der Waals surface area (Å²) in [5.74, 6) is 1.09. The van der Waals surface area contributed by atoms with Crippen molar-refractivity contribution in [1.82, 2.24) is 20.4 Å². The molecule has 4 aliphatic rings. The predicted octanol–water partition coefficient (Wildman–Crippen LogP) is 3.61. The molecule has 0 saturated heterocycles. The van der Waals surface area contributed by atoms with Gasteiger partial charge in [0.15, 0.2) is 0 Å². The molecule has 10 heteroatoms. The second kappa shape index (κ2) is 10.4. The SMILES string of the molecule is CCCC(=O)NC(C)(C)/C=C/n1ncc(C(=O)N[C@H]2C3CC4CC2C[C@](OC(N)=O)(C4)C3)c1OC(C)C. The van der Waals surface area contributed by atoms with Crippen LogP contribution in [0.25, 0.3) is 6.20 Å². The molecule has 4 N–H and O–H groups in total. The second-order valence-corrected chi connectivity index (χ2v) is 11.9. The summed E-state index contributed by atoms with van der Waals surface area (Å²) in [6, 6.07) is 0.00662. The number of nitrogens with two attached hydrogens (primary N) is 1. The van der Waals surface area contributed by atoms with Crippen LogP contribution >= 0.6 is 0 Å². The number of carbonyl (C=O) groups is 3. The van der Waals surface area contributed by atoms with Gasteiger partial charge in [0.25, 0.3) is 5.91 Å². The number of nitrogens with zero attached hydrogens (tertiary/aromatic N) is 2. The molecule has 10 nitrogen and oxygen atoms in total. The highest BCUT2D eigenvalue weighted by atomic mass is 16.6. The molecule has 37 heavy (non-hydrogen) atoms. The zero-order chi connectivity index (χ0) is 27.0. The van der Waals surface area contributed by atoms with Crippen molar-refractivity contribution < 1.29 is 23.9 Å². The molecule has 5 rings (SSSR count). The summed E-state index contributed by atoms with van der Waals surface area (Å²) in [5.41, 5.74) is 4.66. The van der Waals surface area contributed by atoms with Crippen LogP contribution in [0.3, 0.4) is 0 Å². The lowest BCUT2D eigenvalue weighted by Crippen LogP contribution is -2.63. The monoisotopic (exact) mass is 515 g/mol. The van der Waals surface area contributed by atoms with Crippen LogP contribution in [0.4, 0.5) is 4.79 Å². The lowest BCUT2D eigenvalue weighted by atomic mass is 9.52. The minimum Gasteiger partial charge on any atom is -0.474 e. The van der Waals surface area contributed by atoms with Crippen molar-refractivity contribution in [2.75, 3.05) is 0 Å². The average Bonchev–Trinajstić information content (AvgIpc) is 3.15. The summed E-state index contributed by atoms with van der Waals surface area (Å²) in [7, 11) is 0. The quantitative estimate of drug-likeness (QED) is 0.435. The van der Waals surface area contributed by atoms with E-state index < -0.39 is 17.2 Å². The number of rotatable bonds is 10. The third kappa shape index (κ3) is 6.10. The summed E-state index contributed by atoms with van der Waals surface area (Å²) in [6.07, 6.45) is 9.77. The van der Waals surface area contributed by atoms with Crippen molar-refractivity contribution in [1.29, 1.82) is 0 Å². The van der Waals surface area contributed by atoms with Gasteiger partial charge in [0.1, 0.15) is 11.2 Å². The van der Waals surface area contributed by atoms with Gasteiger partial charge in [-0.05, 0) is 90.0 Å². The predicted molar refractivity (Wildman–Crippen MR) is 139 cm³/mol. The van der Waals surface area contributed by atoms with Crippen molar-refractivity contribution in [2.45, 2.75) is 103 Å². The first-order chi connectivity index (χ1) is 17.4. The Morgan fingerprint density at radius 1 is 1.24 bits per heavy atom. The number of hydrogen-bond acceptors (Lipinski definition) is 6. The minimum absolute atomic E-state index is 0.00662. The van der Waals surface area contributed by atoms with E-state index in [4.69, 9.17) is 15.2 Å². The molecule has 4 fully saturated rings. The van der Waals surface area contributed by atoms with E-state index in [1.807, 2.05) is 40.7 Å². The summed E-state index contributed by atoms with van der Waals surface area (Å²) in [4.78, 5) is 37.1. The summed E-state index contributed by atoms with van der Waals surface area (Å²) in [6.45, 7) is 9.56. The fourth-order valence-electron chi connectivity index (χ4n) is 6.65. The van der Waals surface area contributed by atoms with Crippen LogP contribution in [0.5, 0.6) is 5.88 Å². The van der Waals surface area contributed by atoms with Gasteiger partial charge >= 0.3 is 6.09 Å². The molecule has 0 aliphatic heterocycles. The van der Waals surface area contributed by atoms with E-state index in [1.165, 1.54) is 10.9 Å². The fourth-order valence-corrected chi connectivity index (χ4v) is 6.65. The maximum atomic E-state index is 13.5. The van der Waals surface area contributed by atoms with E-state index in [1.54, 1.807) is 6.20 Å². The molecule has 0 spiro atoms. The van der Waals surface area contributed by atoms with E-state index in [9.17, 15) is 14.4 Å². The molecule has 3 amide bonds. The molecule has 204 valence electrons. The lowest BCUT2D eigenvalue weighted by Gasteiger charge is -2.58. The highest BCUT2D eigenvalue weighted by molar-refractivity contribution is 5.96. The smallest absolute Gasteiger partial charge is 0.405 e. The van der Waals surface area contributed by atoms with E-state index in [-0.39, 0.29) is 35.8 Å². The Morgan fingerprint density at radius 3 is 2.51 bits per heavy atom. The number of primary amides is 1. The first-order valence-electron chi connectivity index (χ1n) is 13.4. The maximum absolute atomic E-state index is 13.5. The van der Waals surface area contributed by atoms with Crippen molar-refractivity contribution in [2.24, 2.45) is 23.5 Å². The van der Waals surface area contributed by atoms with Gasteiger partial charge < -0.3 is 25.8 Å². The zero-order valence-corrected chi connectivity index (χ0v) is 22.6. The van der Waals surface area contributed by atoms with Crippen LogP contribution in [-0.2, 0) is 9.53 Å². The third-order valence-corrected chi connectivity index (χ3v) is 7.74. The Labute approximate surface area is 218 Å². The first-order valence-corrected chi connectivity index (χ1v) is 13.4. The molecule has 2 atom stereocenters.